The second-order valence-electron chi connectivity index (χ2n) is 5.09. The molecule has 2 atom stereocenters. The van der Waals surface area contributed by atoms with E-state index in [4.69, 9.17) is 5.11 Å². The lowest BCUT2D eigenvalue weighted by molar-refractivity contribution is 0.0692. The number of carbonyl (C=O) groups is 2. The Hall–Kier alpha value is -1.76. The zero-order valence-electron chi connectivity index (χ0n) is 11.8. The van der Waals surface area contributed by atoms with E-state index in [9.17, 15) is 14.0 Å². The number of nitrogens with one attached hydrogen (secondary N) is 1. The lowest BCUT2D eigenvalue weighted by Gasteiger charge is -2.34. The van der Waals surface area contributed by atoms with Gasteiger partial charge in [0.25, 0.3) is 0 Å². The van der Waals surface area contributed by atoms with Gasteiger partial charge in [-0.15, -0.1) is 0 Å². The second kappa shape index (κ2) is 6.34. The molecule has 1 heterocycles. The molecule has 5 nitrogen and oxygen atoms in total. The first-order valence-corrected chi connectivity index (χ1v) is 7.55. The maximum Gasteiger partial charge on any atom is 0.338 e. The van der Waals surface area contributed by atoms with Crippen LogP contribution in [0.25, 0.3) is 0 Å². The van der Waals surface area contributed by atoms with Crippen molar-refractivity contribution in [3.05, 3.63) is 29.6 Å². The van der Waals surface area contributed by atoms with Gasteiger partial charge in [-0.1, -0.05) is 13.8 Å². The predicted octanol–water partition coefficient (Wildman–Crippen LogP) is 2.88. The van der Waals surface area contributed by atoms with Crippen molar-refractivity contribution >= 4 is 29.4 Å². The zero-order valence-corrected chi connectivity index (χ0v) is 12.6. The monoisotopic (exact) mass is 312 g/mol. The quantitative estimate of drug-likeness (QED) is 0.881. The number of urea groups is 1. The third-order valence-corrected chi connectivity index (χ3v) is 4.38. The fourth-order valence-electron chi connectivity index (χ4n) is 2.31. The molecule has 1 aromatic carbocycles. The molecule has 0 saturated carbocycles. The van der Waals surface area contributed by atoms with E-state index in [0.717, 1.165) is 12.1 Å². The van der Waals surface area contributed by atoms with Gasteiger partial charge in [-0.2, -0.15) is 11.8 Å². The van der Waals surface area contributed by atoms with Gasteiger partial charge in [0.05, 0.1) is 5.56 Å². The highest BCUT2D eigenvalue weighted by Gasteiger charge is 2.26. The zero-order chi connectivity index (χ0) is 15.6. The summed E-state index contributed by atoms with van der Waals surface area (Å²) in [6.45, 7) is 5.39. The molecule has 0 radical (unpaired) electrons. The van der Waals surface area contributed by atoms with Crippen molar-refractivity contribution in [1.82, 2.24) is 4.90 Å². The van der Waals surface area contributed by atoms with Gasteiger partial charge in [-0.3, -0.25) is 0 Å². The molecule has 114 valence electrons. The average molecular weight is 312 g/mol. The van der Waals surface area contributed by atoms with Crippen molar-refractivity contribution in [3.63, 3.8) is 0 Å². The molecule has 21 heavy (non-hydrogen) atoms. The molecule has 1 aromatic rings. The topological polar surface area (TPSA) is 69.6 Å². The molecular weight excluding hydrogens is 295 g/mol. The molecule has 2 N–H and O–H groups in total. The van der Waals surface area contributed by atoms with Crippen LogP contribution in [0.15, 0.2) is 18.2 Å². The molecule has 1 aliphatic heterocycles. The maximum atomic E-state index is 13.6. The third kappa shape index (κ3) is 3.87. The first kappa shape index (κ1) is 15.6. The van der Waals surface area contributed by atoms with Crippen LogP contribution in [-0.2, 0) is 0 Å². The third-order valence-electron chi connectivity index (χ3n) is 3.16. The Kier molecular flexibility index (Phi) is 4.72. The molecule has 0 bridgehead atoms. The number of aromatic carboxylic acids is 1. The van der Waals surface area contributed by atoms with Gasteiger partial charge in [0.15, 0.2) is 0 Å². The van der Waals surface area contributed by atoms with Crippen molar-refractivity contribution < 1.29 is 19.1 Å². The summed E-state index contributed by atoms with van der Waals surface area (Å²) in [6, 6.07) is 3.25. The smallest absolute Gasteiger partial charge is 0.338 e. The summed E-state index contributed by atoms with van der Waals surface area (Å²) in [7, 11) is 0. The Labute approximate surface area is 126 Å². The van der Waals surface area contributed by atoms with Crippen LogP contribution in [0.1, 0.15) is 24.2 Å². The minimum atomic E-state index is -1.33. The van der Waals surface area contributed by atoms with E-state index < -0.39 is 17.3 Å². The highest BCUT2D eigenvalue weighted by molar-refractivity contribution is 8.00. The molecule has 7 heteroatoms. The Morgan fingerprint density at radius 1 is 1.33 bits per heavy atom. The van der Waals surface area contributed by atoms with Crippen LogP contribution in [0, 0.1) is 5.82 Å². The van der Waals surface area contributed by atoms with E-state index in [1.807, 2.05) is 11.8 Å². The normalized spacial score (nSPS) is 22.0. The average Bonchev–Trinajstić information content (AvgIpc) is 2.37. The van der Waals surface area contributed by atoms with E-state index in [1.54, 1.807) is 4.90 Å². The number of hydrogen-bond donors (Lipinski definition) is 2. The Morgan fingerprint density at radius 3 is 2.48 bits per heavy atom. The minimum Gasteiger partial charge on any atom is -0.478 e. The highest BCUT2D eigenvalue weighted by Crippen LogP contribution is 2.25. The molecule has 1 aliphatic rings. The number of benzene rings is 1. The van der Waals surface area contributed by atoms with E-state index in [1.165, 1.54) is 6.07 Å². The first-order valence-electron chi connectivity index (χ1n) is 6.61. The SMILES string of the molecule is CC1CN(C(=O)Nc2ccc(C(=O)O)c(F)c2)CC(C)S1. The van der Waals surface area contributed by atoms with E-state index in [0.29, 0.717) is 23.6 Å². The number of nitrogens with zero attached hydrogens (tertiary/aromatic N) is 1. The van der Waals surface area contributed by atoms with Crippen LogP contribution >= 0.6 is 11.8 Å². The minimum absolute atomic E-state index is 0.251. The van der Waals surface area contributed by atoms with Gasteiger partial charge in [0, 0.05) is 29.3 Å². The lowest BCUT2D eigenvalue weighted by Crippen LogP contribution is -2.46. The number of carboxylic acid groups (broad SMARTS) is 1. The number of hydrogen-bond acceptors (Lipinski definition) is 3. The Morgan fingerprint density at radius 2 is 1.95 bits per heavy atom. The van der Waals surface area contributed by atoms with Gasteiger partial charge in [-0.25, -0.2) is 14.0 Å². The second-order valence-corrected chi connectivity index (χ2v) is 6.97. The van der Waals surface area contributed by atoms with Crippen LogP contribution in [0.3, 0.4) is 0 Å². The summed E-state index contributed by atoms with van der Waals surface area (Å²) in [5.41, 5.74) is -0.161. The van der Waals surface area contributed by atoms with Crippen LogP contribution in [0.2, 0.25) is 0 Å². The molecule has 0 aromatic heterocycles. The van der Waals surface area contributed by atoms with Crippen molar-refractivity contribution in [3.8, 4) is 0 Å². The van der Waals surface area contributed by atoms with E-state index in [2.05, 4.69) is 19.2 Å². The summed E-state index contributed by atoms with van der Waals surface area (Å²) in [4.78, 5) is 24.6. The van der Waals surface area contributed by atoms with Crippen LogP contribution in [0.4, 0.5) is 14.9 Å². The van der Waals surface area contributed by atoms with Crippen molar-refractivity contribution in [2.75, 3.05) is 18.4 Å². The summed E-state index contributed by atoms with van der Waals surface area (Å²) in [6.07, 6.45) is 0. The number of carbonyl (C=O) groups excluding carboxylic acids is 1. The summed E-state index contributed by atoms with van der Waals surface area (Å²) >= 11 is 1.83. The summed E-state index contributed by atoms with van der Waals surface area (Å²) < 4.78 is 13.6. The van der Waals surface area contributed by atoms with Crippen LogP contribution in [-0.4, -0.2) is 45.6 Å². The summed E-state index contributed by atoms with van der Waals surface area (Å²) in [5.74, 6) is -2.20. The van der Waals surface area contributed by atoms with Gasteiger partial charge in [0.1, 0.15) is 5.82 Å². The molecule has 0 spiro atoms. The highest BCUT2D eigenvalue weighted by atomic mass is 32.2. The van der Waals surface area contributed by atoms with Crippen molar-refractivity contribution in [1.29, 1.82) is 0 Å². The van der Waals surface area contributed by atoms with Crippen LogP contribution in [0.5, 0.6) is 0 Å². The molecule has 1 saturated heterocycles. The number of rotatable bonds is 2. The Bertz CT molecular complexity index is 557. The van der Waals surface area contributed by atoms with Crippen molar-refractivity contribution in [2.24, 2.45) is 0 Å². The maximum absolute atomic E-state index is 13.6. The van der Waals surface area contributed by atoms with Gasteiger partial charge in [0.2, 0.25) is 0 Å². The van der Waals surface area contributed by atoms with Crippen molar-refractivity contribution in [2.45, 2.75) is 24.3 Å². The lowest BCUT2D eigenvalue weighted by atomic mass is 10.2. The molecule has 2 unspecified atom stereocenters. The number of carboxylic acids is 1. The standard InChI is InChI=1S/C14H17FN2O3S/c1-8-6-17(7-9(2)21-8)14(20)16-10-3-4-11(13(18)19)12(15)5-10/h3-5,8-9H,6-7H2,1-2H3,(H,16,20)(H,18,19). The first-order chi connectivity index (χ1) is 9.86. The number of amides is 2. The number of thioether (sulfide) groups is 1. The Balaban J connectivity index is 2.06. The molecule has 2 rings (SSSR count). The molecule has 2 amide bonds. The number of halogens is 1. The number of anilines is 1. The van der Waals surface area contributed by atoms with E-state index in [-0.39, 0.29) is 11.7 Å². The fraction of sp³-hybridized carbons (Fsp3) is 0.429. The predicted molar refractivity (Wildman–Crippen MR) is 80.5 cm³/mol. The van der Waals surface area contributed by atoms with E-state index >= 15 is 0 Å². The summed E-state index contributed by atoms with van der Waals surface area (Å²) in [5, 5.41) is 12.1. The van der Waals surface area contributed by atoms with Crippen LogP contribution < -0.4 is 5.32 Å². The van der Waals surface area contributed by atoms with Gasteiger partial charge < -0.3 is 15.3 Å². The molecule has 1 fully saturated rings. The van der Waals surface area contributed by atoms with Gasteiger partial charge in [-0.05, 0) is 18.2 Å². The molecule has 0 aliphatic carbocycles. The van der Waals surface area contributed by atoms with Gasteiger partial charge >= 0.3 is 12.0 Å². The largest absolute Gasteiger partial charge is 0.478 e. The molecular formula is C14H17FN2O3S. The fourth-order valence-corrected chi connectivity index (χ4v) is 3.64.